The average Bonchev–Trinajstić information content (AvgIpc) is 2.93. The molecule has 0 bridgehead atoms. The van der Waals surface area contributed by atoms with Gasteiger partial charge in [0.25, 0.3) is 0 Å². The van der Waals surface area contributed by atoms with Crippen molar-refractivity contribution in [3.63, 3.8) is 0 Å². The van der Waals surface area contributed by atoms with E-state index in [0.717, 1.165) is 17.5 Å². The first kappa shape index (κ1) is 13.2. The Kier molecular flexibility index (Phi) is 3.26. The molecular formula is C16H19N3S. The van der Waals surface area contributed by atoms with Gasteiger partial charge in [0.2, 0.25) is 5.95 Å². The fourth-order valence-electron chi connectivity index (χ4n) is 2.72. The molecule has 0 saturated carbocycles. The van der Waals surface area contributed by atoms with Gasteiger partial charge in [-0.3, -0.25) is 0 Å². The lowest BCUT2D eigenvalue weighted by molar-refractivity contribution is 0.571. The molecule has 0 amide bonds. The Labute approximate surface area is 123 Å². The molecular weight excluding hydrogens is 266 g/mol. The number of fused-ring (bicyclic) bond motifs is 1. The quantitative estimate of drug-likeness (QED) is 0.787. The number of aryl methyl sites for hydroxylation is 2. The molecule has 0 aliphatic carbocycles. The van der Waals surface area contributed by atoms with Gasteiger partial charge in [-0.25, -0.2) is 4.98 Å². The molecule has 0 aliphatic heterocycles. The third-order valence-corrected chi connectivity index (χ3v) is 4.71. The fraction of sp³-hybridized carbons (Fsp3) is 0.312. The van der Waals surface area contributed by atoms with Crippen molar-refractivity contribution < 1.29 is 0 Å². The van der Waals surface area contributed by atoms with Crippen molar-refractivity contribution in [3.05, 3.63) is 45.6 Å². The van der Waals surface area contributed by atoms with Crippen molar-refractivity contribution in [2.24, 2.45) is 0 Å². The minimum Gasteiger partial charge on any atom is -0.369 e. The summed E-state index contributed by atoms with van der Waals surface area (Å²) in [7, 11) is 0. The molecule has 3 rings (SSSR count). The number of thiophene rings is 1. The summed E-state index contributed by atoms with van der Waals surface area (Å²) >= 11 is 1.85. The van der Waals surface area contributed by atoms with Crippen molar-refractivity contribution in [3.8, 4) is 0 Å². The first-order chi connectivity index (χ1) is 9.56. The van der Waals surface area contributed by atoms with E-state index < -0.39 is 0 Å². The van der Waals surface area contributed by atoms with Crippen LogP contribution in [-0.2, 0) is 6.42 Å². The Morgan fingerprint density at radius 1 is 1.25 bits per heavy atom. The van der Waals surface area contributed by atoms with Crippen LogP contribution in [0.3, 0.4) is 0 Å². The normalized spacial score (nSPS) is 12.9. The highest BCUT2D eigenvalue weighted by Crippen LogP contribution is 2.28. The highest BCUT2D eigenvalue weighted by Gasteiger charge is 2.15. The van der Waals surface area contributed by atoms with Crippen LogP contribution in [0.2, 0.25) is 0 Å². The maximum Gasteiger partial charge on any atom is 0.201 e. The molecule has 0 spiro atoms. The zero-order valence-electron chi connectivity index (χ0n) is 12.1. The Balaban J connectivity index is 2.01. The van der Waals surface area contributed by atoms with Crippen LogP contribution in [0.15, 0.2) is 30.3 Å². The lowest BCUT2D eigenvalue weighted by Gasteiger charge is -2.15. The summed E-state index contributed by atoms with van der Waals surface area (Å²) in [6.45, 7) is 6.42. The molecule has 3 aromatic rings. The van der Waals surface area contributed by atoms with E-state index in [0.29, 0.717) is 12.0 Å². The molecule has 20 heavy (non-hydrogen) atoms. The first-order valence-electron chi connectivity index (χ1n) is 6.84. The largest absolute Gasteiger partial charge is 0.369 e. The first-order valence-corrected chi connectivity index (χ1v) is 7.66. The summed E-state index contributed by atoms with van der Waals surface area (Å²) in [4.78, 5) is 7.27. The summed E-state index contributed by atoms with van der Waals surface area (Å²) in [5.41, 5.74) is 9.45. The molecule has 104 valence electrons. The van der Waals surface area contributed by atoms with Gasteiger partial charge in [-0.2, -0.15) is 0 Å². The van der Waals surface area contributed by atoms with E-state index in [1.807, 2.05) is 11.3 Å². The highest BCUT2D eigenvalue weighted by atomic mass is 32.1. The molecule has 1 atom stereocenters. The summed E-state index contributed by atoms with van der Waals surface area (Å²) in [6, 6.07) is 10.9. The van der Waals surface area contributed by atoms with Crippen LogP contribution < -0.4 is 5.73 Å². The summed E-state index contributed by atoms with van der Waals surface area (Å²) in [5, 5.41) is 0. The molecule has 0 fully saturated rings. The molecule has 2 N–H and O–H groups in total. The summed E-state index contributed by atoms with van der Waals surface area (Å²) < 4.78 is 2.15. The lowest BCUT2D eigenvalue weighted by Crippen LogP contribution is -2.10. The Hall–Kier alpha value is -1.81. The van der Waals surface area contributed by atoms with E-state index in [2.05, 4.69) is 60.7 Å². The maximum atomic E-state index is 6.14. The third kappa shape index (κ3) is 2.20. The molecule has 1 unspecified atom stereocenters. The number of rotatable bonds is 3. The zero-order valence-corrected chi connectivity index (χ0v) is 12.9. The highest BCUT2D eigenvalue weighted by molar-refractivity contribution is 7.11. The minimum absolute atomic E-state index is 0.305. The van der Waals surface area contributed by atoms with Crippen molar-refractivity contribution in [2.75, 3.05) is 5.73 Å². The number of hydrogen-bond acceptors (Lipinski definition) is 3. The van der Waals surface area contributed by atoms with Gasteiger partial charge < -0.3 is 10.3 Å². The van der Waals surface area contributed by atoms with Crippen LogP contribution in [-0.4, -0.2) is 9.55 Å². The number of para-hydroxylation sites is 1. The monoisotopic (exact) mass is 285 g/mol. The lowest BCUT2D eigenvalue weighted by atomic mass is 10.1. The van der Waals surface area contributed by atoms with Crippen LogP contribution in [0.4, 0.5) is 5.95 Å². The average molecular weight is 285 g/mol. The maximum absolute atomic E-state index is 6.14. The zero-order chi connectivity index (χ0) is 14.3. The molecule has 1 aromatic carbocycles. The van der Waals surface area contributed by atoms with E-state index in [9.17, 15) is 0 Å². The molecule has 0 saturated heterocycles. The van der Waals surface area contributed by atoms with Crippen molar-refractivity contribution in [2.45, 2.75) is 33.2 Å². The van der Waals surface area contributed by atoms with Gasteiger partial charge in [-0.05, 0) is 44.5 Å². The van der Waals surface area contributed by atoms with Gasteiger partial charge in [0.1, 0.15) is 0 Å². The molecule has 4 heteroatoms. The second-order valence-corrected chi connectivity index (χ2v) is 6.72. The van der Waals surface area contributed by atoms with E-state index in [4.69, 9.17) is 5.73 Å². The minimum atomic E-state index is 0.305. The Morgan fingerprint density at radius 2 is 2.05 bits per heavy atom. The van der Waals surface area contributed by atoms with E-state index in [1.54, 1.807) is 0 Å². The van der Waals surface area contributed by atoms with Crippen LogP contribution in [0.25, 0.3) is 11.0 Å². The number of anilines is 1. The second kappa shape index (κ2) is 4.94. The van der Waals surface area contributed by atoms with Crippen molar-refractivity contribution in [1.82, 2.24) is 9.55 Å². The van der Waals surface area contributed by atoms with E-state index in [1.165, 1.54) is 15.3 Å². The third-order valence-electron chi connectivity index (χ3n) is 3.68. The molecule has 2 heterocycles. The van der Waals surface area contributed by atoms with Crippen molar-refractivity contribution >= 4 is 28.3 Å². The standard InChI is InChI=1S/C16H19N3S/c1-10-5-4-6-14-15(10)18-16(17)19(14)11(2)9-13-8-7-12(3)20-13/h4-8,11H,9H2,1-3H3,(H2,17,18). The fourth-order valence-corrected chi connectivity index (χ4v) is 3.73. The predicted octanol–water partition coefficient (Wildman–Crippen LogP) is 4.10. The Bertz CT molecular complexity index is 754. The second-order valence-electron chi connectivity index (χ2n) is 5.35. The summed E-state index contributed by atoms with van der Waals surface area (Å²) in [6.07, 6.45) is 0.988. The van der Waals surface area contributed by atoms with Crippen LogP contribution >= 0.6 is 11.3 Å². The summed E-state index contributed by atoms with van der Waals surface area (Å²) in [5.74, 6) is 0.607. The molecule has 0 radical (unpaired) electrons. The predicted molar refractivity (Wildman–Crippen MR) is 86.4 cm³/mol. The smallest absolute Gasteiger partial charge is 0.201 e. The Morgan fingerprint density at radius 3 is 2.75 bits per heavy atom. The number of nitrogens with two attached hydrogens (primary N) is 1. The number of aromatic nitrogens is 2. The number of hydrogen-bond donors (Lipinski definition) is 1. The van der Waals surface area contributed by atoms with Gasteiger partial charge in [0.05, 0.1) is 11.0 Å². The van der Waals surface area contributed by atoms with Crippen LogP contribution in [0.5, 0.6) is 0 Å². The number of nitrogens with zero attached hydrogens (tertiary/aromatic N) is 2. The van der Waals surface area contributed by atoms with Gasteiger partial charge in [-0.15, -0.1) is 11.3 Å². The number of benzene rings is 1. The molecule has 3 nitrogen and oxygen atoms in total. The number of nitrogen functional groups attached to an aromatic ring is 1. The van der Waals surface area contributed by atoms with Gasteiger partial charge >= 0.3 is 0 Å². The van der Waals surface area contributed by atoms with Gasteiger partial charge in [0.15, 0.2) is 0 Å². The van der Waals surface area contributed by atoms with Gasteiger partial charge in [0, 0.05) is 22.2 Å². The van der Waals surface area contributed by atoms with Crippen LogP contribution in [0, 0.1) is 13.8 Å². The SMILES string of the molecule is Cc1ccc(CC(C)n2c(N)nc3c(C)cccc32)s1. The van der Waals surface area contributed by atoms with Crippen LogP contribution in [0.1, 0.15) is 28.3 Å². The number of imidazole rings is 1. The van der Waals surface area contributed by atoms with E-state index in [-0.39, 0.29) is 0 Å². The van der Waals surface area contributed by atoms with Crippen molar-refractivity contribution in [1.29, 1.82) is 0 Å². The topological polar surface area (TPSA) is 43.8 Å². The van der Waals surface area contributed by atoms with E-state index >= 15 is 0 Å². The van der Waals surface area contributed by atoms with Gasteiger partial charge in [-0.1, -0.05) is 12.1 Å². The molecule has 0 aliphatic rings. The molecule has 2 aromatic heterocycles.